The van der Waals surface area contributed by atoms with Gasteiger partial charge in [-0.1, -0.05) is 0 Å². The van der Waals surface area contributed by atoms with E-state index in [2.05, 4.69) is 10.6 Å². The molecule has 130 valence electrons. The molecule has 1 saturated heterocycles. The number of nitrogens with one attached hydrogen (secondary N) is 2. The van der Waals surface area contributed by atoms with Crippen LogP contribution in [0.3, 0.4) is 0 Å². The summed E-state index contributed by atoms with van der Waals surface area (Å²) in [4.78, 5) is 36.9. The second-order valence-corrected chi connectivity index (χ2v) is 6.25. The molecule has 0 aliphatic carbocycles. The van der Waals surface area contributed by atoms with Crippen molar-refractivity contribution < 1.29 is 18.8 Å². The van der Waals surface area contributed by atoms with Gasteiger partial charge in [0.15, 0.2) is 0 Å². The molecule has 25 heavy (non-hydrogen) atoms. The lowest BCUT2D eigenvalue weighted by Gasteiger charge is -2.16. The van der Waals surface area contributed by atoms with Gasteiger partial charge in [-0.3, -0.25) is 14.5 Å². The van der Waals surface area contributed by atoms with Crippen LogP contribution in [0, 0.1) is 5.82 Å². The Morgan fingerprint density at radius 1 is 1.24 bits per heavy atom. The van der Waals surface area contributed by atoms with Crippen LogP contribution in [0.2, 0.25) is 0 Å². The van der Waals surface area contributed by atoms with Crippen molar-refractivity contribution in [2.75, 3.05) is 11.9 Å². The Bertz CT molecular complexity index is 846. The number of nitrogens with zero attached hydrogens (tertiary/aromatic N) is 2. The van der Waals surface area contributed by atoms with E-state index in [1.165, 1.54) is 18.2 Å². The van der Waals surface area contributed by atoms with E-state index >= 15 is 0 Å². The van der Waals surface area contributed by atoms with E-state index < -0.39 is 35.7 Å². The van der Waals surface area contributed by atoms with Crippen LogP contribution in [0.4, 0.5) is 14.9 Å². The maximum atomic E-state index is 13.9. The van der Waals surface area contributed by atoms with Crippen molar-refractivity contribution in [1.82, 2.24) is 14.8 Å². The highest BCUT2D eigenvalue weighted by molar-refractivity contribution is 6.09. The minimum Gasteiger partial charge on any atom is -0.324 e. The average molecular weight is 344 g/mol. The lowest BCUT2D eigenvalue weighted by atomic mass is 10.1. The highest BCUT2D eigenvalue weighted by atomic mass is 19.1. The van der Waals surface area contributed by atoms with E-state index in [-0.39, 0.29) is 5.69 Å². The van der Waals surface area contributed by atoms with Crippen LogP contribution in [0.25, 0.3) is 5.69 Å². The van der Waals surface area contributed by atoms with Gasteiger partial charge in [-0.05, 0) is 44.2 Å². The molecule has 1 aliphatic rings. The standard InChI is InChI=1S/C17H17FN4O3/c1-17(2)15(24)22(16(25)20-17)10-14(23)19-11-5-6-12(18)13(9-11)21-7-3-4-8-21/h3-9H,10H2,1-2H3,(H,19,23)(H,20,25). The maximum Gasteiger partial charge on any atom is 0.325 e. The molecule has 0 bridgehead atoms. The third-order valence-corrected chi connectivity index (χ3v) is 3.86. The van der Waals surface area contributed by atoms with Gasteiger partial charge >= 0.3 is 6.03 Å². The Kier molecular flexibility index (Phi) is 4.03. The number of benzene rings is 1. The molecule has 2 N–H and O–H groups in total. The van der Waals surface area contributed by atoms with Crippen molar-refractivity contribution in [1.29, 1.82) is 0 Å². The minimum atomic E-state index is -1.03. The maximum absolute atomic E-state index is 13.9. The number of carbonyl (C=O) groups is 3. The highest BCUT2D eigenvalue weighted by Crippen LogP contribution is 2.20. The molecule has 2 aromatic rings. The van der Waals surface area contributed by atoms with Gasteiger partial charge in [0.1, 0.15) is 17.9 Å². The first-order valence-electron chi connectivity index (χ1n) is 7.65. The van der Waals surface area contributed by atoms with Gasteiger partial charge in [0.25, 0.3) is 5.91 Å². The third kappa shape index (κ3) is 3.23. The largest absolute Gasteiger partial charge is 0.325 e. The predicted octanol–water partition coefficient (Wildman–Crippen LogP) is 1.89. The smallest absolute Gasteiger partial charge is 0.324 e. The third-order valence-electron chi connectivity index (χ3n) is 3.86. The number of rotatable bonds is 4. The first-order valence-corrected chi connectivity index (χ1v) is 7.65. The Labute approximate surface area is 143 Å². The van der Waals surface area contributed by atoms with Gasteiger partial charge in [0.05, 0.1) is 5.69 Å². The van der Waals surface area contributed by atoms with E-state index in [0.29, 0.717) is 5.69 Å². The first kappa shape index (κ1) is 16.7. The first-order chi connectivity index (χ1) is 11.8. The number of hydrogen-bond donors (Lipinski definition) is 2. The molecule has 3 rings (SSSR count). The van der Waals surface area contributed by atoms with Gasteiger partial charge in [-0.2, -0.15) is 0 Å². The molecule has 1 aliphatic heterocycles. The zero-order valence-electron chi connectivity index (χ0n) is 13.7. The van der Waals surface area contributed by atoms with Crippen molar-refractivity contribution in [2.45, 2.75) is 19.4 Å². The molecular formula is C17H17FN4O3. The number of amides is 4. The van der Waals surface area contributed by atoms with Crippen molar-refractivity contribution in [3.8, 4) is 5.69 Å². The second-order valence-electron chi connectivity index (χ2n) is 6.25. The number of aromatic nitrogens is 1. The van der Waals surface area contributed by atoms with Crippen molar-refractivity contribution in [2.24, 2.45) is 0 Å². The molecular weight excluding hydrogens is 327 g/mol. The summed E-state index contributed by atoms with van der Waals surface area (Å²) in [5, 5.41) is 5.08. The van der Waals surface area contributed by atoms with Crippen LogP contribution in [0.5, 0.6) is 0 Å². The second kappa shape index (κ2) is 6.04. The molecule has 8 heteroatoms. The van der Waals surface area contributed by atoms with E-state index in [9.17, 15) is 18.8 Å². The van der Waals surface area contributed by atoms with Crippen LogP contribution in [-0.2, 0) is 9.59 Å². The Balaban J connectivity index is 1.73. The zero-order valence-corrected chi connectivity index (χ0v) is 13.7. The van der Waals surface area contributed by atoms with Crippen LogP contribution in [0.15, 0.2) is 42.7 Å². The Morgan fingerprint density at radius 2 is 1.92 bits per heavy atom. The summed E-state index contributed by atoms with van der Waals surface area (Å²) in [6, 6.07) is 7.02. The van der Waals surface area contributed by atoms with Gasteiger partial charge < -0.3 is 15.2 Å². The fraction of sp³-hybridized carbons (Fsp3) is 0.235. The van der Waals surface area contributed by atoms with Gasteiger partial charge in [0.2, 0.25) is 5.91 Å². The molecule has 4 amide bonds. The molecule has 7 nitrogen and oxygen atoms in total. The number of anilines is 1. The van der Waals surface area contributed by atoms with Crippen LogP contribution in [0.1, 0.15) is 13.8 Å². The number of imide groups is 1. The Hall–Kier alpha value is -3.16. The van der Waals surface area contributed by atoms with Crippen molar-refractivity contribution in [3.05, 3.63) is 48.5 Å². The van der Waals surface area contributed by atoms with Crippen LogP contribution >= 0.6 is 0 Å². The summed E-state index contributed by atoms with van der Waals surface area (Å²) in [5.74, 6) is -1.46. The predicted molar refractivity (Wildman–Crippen MR) is 88.7 cm³/mol. The normalized spacial score (nSPS) is 16.0. The molecule has 1 aromatic heterocycles. The summed E-state index contributed by atoms with van der Waals surface area (Å²) in [6.45, 7) is 2.72. The Morgan fingerprint density at radius 3 is 2.52 bits per heavy atom. The number of halogens is 1. The van der Waals surface area contributed by atoms with E-state index in [1.807, 2.05) is 0 Å². The van der Waals surface area contributed by atoms with E-state index in [4.69, 9.17) is 0 Å². The molecule has 1 fully saturated rings. The summed E-state index contributed by atoms with van der Waals surface area (Å²) in [7, 11) is 0. The molecule has 0 radical (unpaired) electrons. The molecule has 0 atom stereocenters. The van der Waals surface area contributed by atoms with Gasteiger partial charge in [-0.25, -0.2) is 9.18 Å². The monoisotopic (exact) mass is 344 g/mol. The van der Waals surface area contributed by atoms with E-state index in [1.54, 1.807) is 42.9 Å². The SMILES string of the molecule is CC1(C)NC(=O)N(CC(=O)Nc2ccc(F)c(-n3cccc3)c2)C1=O. The van der Waals surface area contributed by atoms with Crippen molar-refractivity contribution in [3.63, 3.8) is 0 Å². The fourth-order valence-electron chi connectivity index (χ4n) is 2.59. The number of carbonyl (C=O) groups excluding carboxylic acids is 3. The fourth-order valence-corrected chi connectivity index (χ4v) is 2.59. The average Bonchev–Trinajstić information content (AvgIpc) is 3.12. The van der Waals surface area contributed by atoms with Gasteiger partial charge in [-0.15, -0.1) is 0 Å². The van der Waals surface area contributed by atoms with Crippen LogP contribution in [-0.4, -0.2) is 39.4 Å². The highest BCUT2D eigenvalue weighted by Gasteiger charge is 2.44. The molecule has 2 heterocycles. The van der Waals surface area contributed by atoms with E-state index in [0.717, 1.165) is 4.90 Å². The molecule has 0 spiro atoms. The van der Waals surface area contributed by atoms with Gasteiger partial charge in [0, 0.05) is 18.1 Å². The minimum absolute atomic E-state index is 0.277. The lowest BCUT2D eigenvalue weighted by Crippen LogP contribution is -2.41. The van der Waals surface area contributed by atoms with Crippen LogP contribution < -0.4 is 10.6 Å². The molecule has 0 unspecified atom stereocenters. The lowest BCUT2D eigenvalue weighted by molar-refractivity contribution is -0.132. The zero-order chi connectivity index (χ0) is 18.2. The summed E-state index contributed by atoms with van der Waals surface area (Å²) in [5.41, 5.74) is -0.394. The summed E-state index contributed by atoms with van der Waals surface area (Å²) in [6.07, 6.45) is 3.36. The quantitative estimate of drug-likeness (QED) is 0.831. The number of hydrogen-bond acceptors (Lipinski definition) is 3. The molecule has 1 aromatic carbocycles. The topological polar surface area (TPSA) is 83.4 Å². The summed E-state index contributed by atoms with van der Waals surface area (Å²) >= 11 is 0. The molecule has 0 saturated carbocycles. The summed E-state index contributed by atoms with van der Waals surface area (Å²) < 4.78 is 15.5. The van der Waals surface area contributed by atoms with Crippen molar-refractivity contribution >= 4 is 23.5 Å². The number of urea groups is 1.